The third kappa shape index (κ3) is 5.05. The van der Waals surface area contributed by atoms with Gasteiger partial charge in [-0.3, -0.25) is 24.1 Å². The van der Waals surface area contributed by atoms with Gasteiger partial charge in [0.2, 0.25) is 11.8 Å². The Morgan fingerprint density at radius 2 is 1.79 bits per heavy atom. The molecule has 8 atom stereocenters. The topological polar surface area (TPSA) is 155 Å². The number of aromatic nitrogens is 1. The number of aliphatic carboxylic acids is 1. The van der Waals surface area contributed by atoms with Crippen molar-refractivity contribution in [1.29, 1.82) is 0 Å². The van der Waals surface area contributed by atoms with Crippen molar-refractivity contribution in [2.45, 2.75) is 49.4 Å². The van der Waals surface area contributed by atoms with Gasteiger partial charge in [0, 0.05) is 21.7 Å². The van der Waals surface area contributed by atoms with Crippen molar-refractivity contribution in [3.63, 3.8) is 0 Å². The third-order valence-corrected chi connectivity index (χ3v) is 12.8. The Balaban J connectivity index is 1.19. The number of hydrogen-bond donors (Lipinski definition) is 3. The minimum atomic E-state index is -1.21. The van der Waals surface area contributed by atoms with Crippen LogP contribution >= 0.6 is 23.1 Å². The highest BCUT2D eigenvalue weighted by Crippen LogP contribution is 2.68. The van der Waals surface area contributed by atoms with E-state index in [2.05, 4.69) is 10.3 Å². The molecule has 2 aliphatic heterocycles. The van der Waals surface area contributed by atoms with Crippen LogP contribution in [-0.4, -0.2) is 63.7 Å². The highest BCUT2D eigenvalue weighted by molar-refractivity contribution is 8.00. The Kier molecular flexibility index (Phi) is 7.94. The average Bonchev–Trinajstić information content (AvgIpc) is 3.77. The van der Waals surface area contributed by atoms with Crippen molar-refractivity contribution in [1.82, 2.24) is 9.88 Å². The number of ether oxygens (including phenoxy) is 2. The largest absolute Gasteiger partial charge is 0.493 e. The molecular weight excluding hydrogens is 643 g/mol. The zero-order valence-electron chi connectivity index (χ0n) is 26.2. The molecule has 3 aromatic rings. The molecule has 4 aliphatic rings. The van der Waals surface area contributed by atoms with E-state index in [4.69, 9.17) is 9.47 Å². The summed E-state index contributed by atoms with van der Waals surface area (Å²) in [5.41, 5.74) is 2.51. The van der Waals surface area contributed by atoms with Gasteiger partial charge < -0.3 is 24.9 Å². The standard InChI is InChI=1S/C34H35N3O8S2/c1-14(2)27(33(41)42)37-31(39)25-17-12-18(26(25)32(37)40)28-24(17)23(29-30(46-28)36-34(43)47-29)16-9-10-20(21(11-16)44-4)45-13-22(38)35-19-8-6-5-7-15(19)3/h5-11,14,17-18,23-28H,12-13H2,1-4H3,(H,35,38)(H,36,43)(H,41,42)/t17?,18?,23-,24?,25?,26?,27?,28?/m1/s1. The van der Waals surface area contributed by atoms with Gasteiger partial charge in [-0.25, -0.2) is 4.79 Å². The van der Waals surface area contributed by atoms with Crippen molar-refractivity contribution in [2.24, 2.45) is 35.5 Å². The molecule has 2 bridgehead atoms. The van der Waals surface area contributed by atoms with Gasteiger partial charge in [0.15, 0.2) is 18.1 Å². The lowest BCUT2D eigenvalue weighted by molar-refractivity contribution is -0.157. The summed E-state index contributed by atoms with van der Waals surface area (Å²) in [6.45, 7) is 5.09. The molecule has 2 saturated carbocycles. The first-order chi connectivity index (χ1) is 22.5. The summed E-state index contributed by atoms with van der Waals surface area (Å²) >= 11 is 2.71. The van der Waals surface area contributed by atoms with Crippen LogP contribution in [0.5, 0.6) is 11.5 Å². The first-order valence-electron chi connectivity index (χ1n) is 15.7. The summed E-state index contributed by atoms with van der Waals surface area (Å²) in [4.78, 5) is 69.9. The fraction of sp³-hybridized carbons (Fsp3) is 0.441. The van der Waals surface area contributed by atoms with Crippen molar-refractivity contribution in [3.8, 4) is 11.5 Å². The Bertz CT molecular complexity index is 1850. The number of aryl methyl sites for hydroxylation is 1. The number of carbonyl (C=O) groups excluding carboxylic acids is 3. The number of likely N-dealkylation sites (tertiary alicyclic amines) is 1. The lowest BCUT2D eigenvalue weighted by Crippen LogP contribution is -2.49. The van der Waals surface area contributed by atoms with Gasteiger partial charge in [0.25, 0.3) is 5.91 Å². The van der Waals surface area contributed by atoms with Crippen LogP contribution in [0.25, 0.3) is 0 Å². The first kappa shape index (κ1) is 31.5. The summed E-state index contributed by atoms with van der Waals surface area (Å²) in [5, 5.41) is 13.5. The molecule has 246 valence electrons. The molecular formula is C34H35N3O8S2. The Hall–Kier alpha value is -4.10. The molecule has 0 radical (unpaired) electrons. The molecule has 1 aromatic heterocycles. The number of methoxy groups -OCH3 is 1. The van der Waals surface area contributed by atoms with Crippen LogP contribution < -0.4 is 19.7 Å². The molecule has 7 unspecified atom stereocenters. The van der Waals surface area contributed by atoms with Gasteiger partial charge in [-0.2, -0.15) is 0 Å². The molecule has 2 aliphatic carbocycles. The summed E-state index contributed by atoms with van der Waals surface area (Å²) in [6, 6.07) is 11.8. The number of imide groups is 1. The number of rotatable bonds is 9. The van der Waals surface area contributed by atoms with E-state index in [0.717, 1.165) is 37.3 Å². The normalized spacial score (nSPS) is 27.8. The van der Waals surface area contributed by atoms with Crippen LogP contribution in [0.4, 0.5) is 5.69 Å². The van der Waals surface area contributed by atoms with Gasteiger partial charge in [0.1, 0.15) is 6.04 Å². The van der Waals surface area contributed by atoms with Crippen molar-refractivity contribution in [2.75, 3.05) is 19.0 Å². The number of carbonyl (C=O) groups is 4. The number of anilines is 1. The molecule has 47 heavy (non-hydrogen) atoms. The molecule has 11 nitrogen and oxygen atoms in total. The number of amides is 3. The smallest absolute Gasteiger partial charge is 0.327 e. The fourth-order valence-electron chi connectivity index (χ4n) is 8.42. The van der Waals surface area contributed by atoms with Gasteiger partial charge in [-0.15, -0.1) is 11.8 Å². The molecule has 3 N–H and O–H groups in total. The number of H-pyrrole nitrogens is 1. The van der Waals surface area contributed by atoms with Crippen LogP contribution in [0.1, 0.15) is 42.2 Å². The van der Waals surface area contributed by atoms with Crippen LogP contribution in [0.2, 0.25) is 0 Å². The quantitative estimate of drug-likeness (QED) is 0.280. The van der Waals surface area contributed by atoms with Gasteiger partial charge >= 0.3 is 10.8 Å². The van der Waals surface area contributed by atoms with Crippen LogP contribution in [0.3, 0.4) is 0 Å². The molecule has 7 rings (SSSR count). The maximum atomic E-state index is 13.9. The number of para-hydroxylation sites is 1. The Morgan fingerprint density at radius 3 is 2.47 bits per heavy atom. The average molecular weight is 678 g/mol. The van der Waals surface area contributed by atoms with E-state index in [1.165, 1.54) is 7.11 Å². The molecule has 3 amide bonds. The summed E-state index contributed by atoms with van der Waals surface area (Å²) in [5.74, 6) is -3.68. The SMILES string of the molecule is COc1cc([C@H]2c3sc(=O)[nH]c3SC3C4CC(C5C(=O)N(C(C(=O)O)C(C)C)C(=O)C45)C32)ccc1OCC(=O)Nc1ccccc1C. The molecule has 13 heteroatoms. The van der Waals surface area contributed by atoms with Crippen molar-refractivity contribution >= 4 is 52.5 Å². The van der Waals surface area contributed by atoms with Crippen LogP contribution in [0.15, 0.2) is 52.3 Å². The second-order valence-electron chi connectivity index (χ2n) is 13.1. The predicted octanol–water partition coefficient (Wildman–Crippen LogP) is 4.35. The number of carboxylic acids is 1. The zero-order valence-corrected chi connectivity index (χ0v) is 27.9. The molecule has 1 saturated heterocycles. The Labute approximate surface area is 279 Å². The minimum absolute atomic E-state index is 0.0462. The number of hydrogen-bond acceptors (Lipinski definition) is 9. The van der Waals surface area contributed by atoms with Crippen LogP contribution in [-0.2, 0) is 19.2 Å². The number of nitrogens with one attached hydrogen (secondary N) is 2. The summed E-state index contributed by atoms with van der Waals surface area (Å²) in [7, 11) is 1.52. The second kappa shape index (κ2) is 11.9. The number of aromatic amines is 1. The Morgan fingerprint density at radius 1 is 1.06 bits per heavy atom. The van der Waals surface area contributed by atoms with Gasteiger partial charge in [-0.05, 0) is 66.3 Å². The van der Waals surface area contributed by atoms with E-state index in [1.807, 2.05) is 43.3 Å². The second-order valence-corrected chi connectivity index (χ2v) is 15.3. The van der Waals surface area contributed by atoms with E-state index in [1.54, 1.807) is 31.7 Å². The molecule has 2 aromatic carbocycles. The fourth-order valence-corrected chi connectivity index (χ4v) is 11.3. The van der Waals surface area contributed by atoms with E-state index < -0.39 is 35.7 Å². The molecule has 0 spiro atoms. The van der Waals surface area contributed by atoms with Crippen molar-refractivity contribution in [3.05, 3.63) is 68.1 Å². The van der Waals surface area contributed by atoms with E-state index in [9.17, 15) is 29.1 Å². The van der Waals surface area contributed by atoms with Gasteiger partial charge in [-0.1, -0.05) is 49.4 Å². The summed E-state index contributed by atoms with van der Waals surface area (Å²) < 4.78 is 11.6. The minimum Gasteiger partial charge on any atom is -0.493 e. The number of carboxylic acid groups (broad SMARTS) is 1. The molecule has 3 fully saturated rings. The van der Waals surface area contributed by atoms with Crippen LogP contribution in [0, 0.1) is 42.4 Å². The highest BCUT2D eigenvalue weighted by Gasteiger charge is 2.70. The third-order valence-electron chi connectivity index (χ3n) is 10.2. The number of thiazole rings is 1. The number of nitrogens with zero attached hydrogens (tertiary/aromatic N) is 1. The predicted molar refractivity (Wildman–Crippen MR) is 175 cm³/mol. The number of fused-ring (bicyclic) bond motifs is 9. The lowest BCUT2D eigenvalue weighted by Gasteiger charge is -2.43. The first-order valence-corrected chi connectivity index (χ1v) is 17.3. The number of thioether (sulfide) groups is 1. The van der Waals surface area contributed by atoms with Gasteiger partial charge in [0.05, 0.1) is 24.0 Å². The maximum absolute atomic E-state index is 13.9. The summed E-state index contributed by atoms with van der Waals surface area (Å²) in [6.07, 6.45) is 0.687. The monoisotopic (exact) mass is 677 g/mol. The van der Waals surface area contributed by atoms with E-state index >= 15 is 0 Å². The zero-order chi connectivity index (χ0) is 33.3. The molecule has 3 heterocycles. The van der Waals surface area contributed by atoms with E-state index in [-0.39, 0.29) is 52.2 Å². The maximum Gasteiger partial charge on any atom is 0.327 e. The van der Waals surface area contributed by atoms with Crippen molar-refractivity contribution < 1.29 is 33.8 Å². The van der Waals surface area contributed by atoms with E-state index in [0.29, 0.717) is 23.6 Å². The number of benzene rings is 2. The lowest BCUT2D eigenvalue weighted by atomic mass is 9.68. The highest BCUT2D eigenvalue weighted by atomic mass is 32.2.